The van der Waals surface area contributed by atoms with Gasteiger partial charge in [0.2, 0.25) is 0 Å². The lowest BCUT2D eigenvalue weighted by Gasteiger charge is -2.12. The Bertz CT molecular complexity index is 464. The molecule has 0 saturated heterocycles. The summed E-state index contributed by atoms with van der Waals surface area (Å²) in [6, 6.07) is 3.33. The minimum absolute atomic E-state index is 0.235. The molecular weight excluding hydrogens is 241 g/mol. The number of thiazole rings is 1. The summed E-state index contributed by atoms with van der Waals surface area (Å²) in [5, 5.41) is 9.12. The molecule has 2 rings (SSSR count). The van der Waals surface area contributed by atoms with Crippen LogP contribution in [-0.4, -0.2) is 27.4 Å². The van der Waals surface area contributed by atoms with E-state index in [4.69, 9.17) is 5.11 Å². The third kappa shape index (κ3) is 2.30. The van der Waals surface area contributed by atoms with E-state index in [2.05, 4.69) is 9.97 Å². The number of nitrogens with zero attached hydrogens (tertiary/aromatic N) is 2. The van der Waals surface area contributed by atoms with E-state index in [9.17, 15) is 13.2 Å². The highest BCUT2D eigenvalue weighted by Crippen LogP contribution is 2.26. The van der Waals surface area contributed by atoms with Crippen LogP contribution in [0.1, 0.15) is 5.01 Å². The Morgan fingerprint density at radius 2 is 2.19 bits per heavy atom. The minimum Gasteiger partial charge on any atom is -0.383 e. The summed E-state index contributed by atoms with van der Waals surface area (Å²) >= 11 is 1.06. The first-order chi connectivity index (χ1) is 7.47. The molecule has 0 saturated carbocycles. The predicted molar refractivity (Wildman–Crippen MR) is 53.2 cm³/mol. The summed E-state index contributed by atoms with van der Waals surface area (Å²) in [6.07, 6.45) is -5.95. The first kappa shape index (κ1) is 11.3. The average molecular weight is 248 g/mol. The van der Waals surface area contributed by atoms with Crippen molar-refractivity contribution in [1.82, 2.24) is 9.97 Å². The fourth-order valence-corrected chi connectivity index (χ4v) is 2.12. The number of aliphatic hydroxyl groups is 1. The van der Waals surface area contributed by atoms with Crippen LogP contribution in [0.3, 0.4) is 0 Å². The van der Waals surface area contributed by atoms with Crippen LogP contribution in [-0.2, 0) is 6.42 Å². The van der Waals surface area contributed by atoms with Gasteiger partial charge in [-0.15, -0.1) is 0 Å². The molecule has 0 amide bonds. The van der Waals surface area contributed by atoms with Gasteiger partial charge >= 0.3 is 6.18 Å². The fraction of sp³-hybridized carbons (Fsp3) is 0.333. The van der Waals surface area contributed by atoms with Crippen LogP contribution in [0.25, 0.3) is 10.3 Å². The van der Waals surface area contributed by atoms with Crippen molar-refractivity contribution in [3.8, 4) is 0 Å². The van der Waals surface area contributed by atoms with E-state index in [0.717, 1.165) is 11.3 Å². The van der Waals surface area contributed by atoms with E-state index in [-0.39, 0.29) is 5.01 Å². The molecule has 2 heterocycles. The van der Waals surface area contributed by atoms with Gasteiger partial charge < -0.3 is 5.11 Å². The second kappa shape index (κ2) is 3.99. The number of fused-ring (bicyclic) bond motifs is 1. The van der Waals surface area contributed by atoms with Gasteiger partial charge in [-0.3, -0.25) is 0 Å². The Balaban J connectivity index is 2.22. The molecule has 0 radical (unpaired) electrons. The summed E-state index contributed by atoms with van der Waals surface area (Å²) in [5.74, 6) is 0. The molecule has 1 N–H and O–H groups in total. The lowest BCUT2D eigenvalue weighted by atomic mass is 10.2. The largest absolute Gasteiger partial charge is 0.414 e. The molecule has 7 heteroatoms. The maximum absolute atomic E-state index is 12.1. The first-order valence-corrected chi connectivity index (χ1v) is 5.23. The van der Waals surface area contributed by atoms with Crippen LogP contribution in [0.5, 0.6) is 0 Å². The topological polar surface area (TPSA) is 46.0 Å². The molecule has 0 bridgehead atoms. The molecule has 2 aromatic heterocycles. The van der Waals surface area contributed by atoms with Crippen LogP contribution >= 0.6 is 11.3 Å². The summed E-state index contributed by atoms with van der Waals surface area (Å²) in [5.41, 5.74) is 0.553. The number of aliphatic hydroxyl groups excluding tert-OH is 1. The Morgan fingerprint density at radius 3 is 2.81 bits per heavy atom. The predicted octanol–water partition coefficient (Wildman–Crippen LogP) is 2.16. The van der Waals surface area contributed by atoms with Gasteiger partial charge in [0.1, 0.15) is 10.3 Å². The lowest BCUT2D eigenvalue weighted by molar-refractivity contribution is -0.203. The second-order valence-electron chi connectivity index (χ2n) is 3.20. The van der Waals surface area contributed by atoms with Crippen LogP contribution in [0.4, 0.5) is 13.2 Å². The standard InChI is InChI=1S/C9H7F3N2OS/c10-9(11,12)6(15)4-7-14-5-2-1-3-13-8(5)16-7/h1-3,6,15H,4H2. The van der Waals surface area contributed by atoms with E-state index in [1.807, 2.05) is 0 Å². The molecule has 0 aliphatic heterocycles. The van der Waals surface area contributed by atoms with Gasteiger partial charge in [-0.25, -0.2) is 9.97 Å². The molecule has 0 aromatic carbocycles. The molecule has 0 spiro atoms. The number of alkyl halides is 3. The second-order valence-corrected chi connectivity index (χ2v) is 4.26. The zero-order valence-corrected chi connectivity index (χ0v) is 8.72. The van der Waals surface area contributed by atoms with Crippen LogP contribution in [0, 0.1) is 0 Å². The highest BCUT2D eigenvalue weighted by atomic mass is 32.1. The molecule has 86 valence electrons. The van der Waals surface area contributed by atoms with Crippen molar-refractivity contribution in [1.29, 1.82) is 0 Å². The van der Waals surface area contributed by atoms with Gasteiger partial charge in [0, 0.05) is 12.6 Å². The molecule has 16 heavy (non-hydrogen) atoms. The third-order valence-electron chi connectivity index (χ3n) is 1.96. The average Bonchev–Trinajstić information content (AvgIpc) is 2.58. The van der Waals surface area contributed by atoms with Gasteiger partial charge in [0.05, 0.1) is 5.01 Å². The van der Waals surface area contributed by atoms with Gasteiger partial charge in [-0.05, 0) is 12.1 Å². The Morgan fingerprint density at radius 1 is 1.44 bits per heavy atom. The van der Waals surface area contributed by atoms with Gasteiger partial charge in [-0.2, -0.15) is 13.2 Å². The number of pyridine rings is 1. The van der Waals surface area contributed by atoms with Gasteiger partial charge in [0.25, 0.3) is 0 Å². The summed E-state index contributed by atoms with van der Waals surface area (Å²) in [7, 11) is 0. The lowest BCUT2D eigenvalue weighted by Crippen LogP contribution is -2.30. The van der Waals surface area contributed by atoms with Crippen molar-refractivity contribution in [3.63, 3.8) is 0 Å². The van der Waals surface area contributed by atoms with Crippen molar-refractivity contribution >= 4 is 21.7 Å². The molecular formula is C9H7F3N2OS. The molecule has 2 aromatic rings. The third-order valence-corrected chi connectivity index (χ3v) is 2.96. The maximum Gasteiger partial charge on any atom is 0.414 e. The van der Waals surface area contributed by atoms with Crippen molar-refractivity contribution in [2.45, 2.75) is 18.7 Å². The fourth-order valence-electron chi connectivity index (χ4n) is 1.18. The Kier molecular flexibility index (Phi) is 2.81. The zero-order chi connectivity index (χ0) is 11.8. The molecule has 1 unspecified atom stereocenters. The van der Waals surface area contributed by atoms with Crippen molar-refractivity contribution in [2.24, 2.45) is 0 Å². The van der Waals surface area contributed by atoms with Crippen molar-refractivity contribution < 1.29 is 18.3 Å². The number of rotatable bonds is 2. The van der Waals surface area contributed by atoms with E-state index < -0.39 is 18.7 Å². The number of halogens is 3. The highest BCUT2D eigenvalue weighted by molar-refractivity contribution is 7.18. The first-order valence-electron chi connectivity index (χ1n) is 4.42. The number of hydrogen-bond acceptors (Lipinski definition) is 4. The van der Waals surface area contributed by atoms with Crippen molar-refractivity contribution in [3.05, 3.63) is 23.3 Å². The molecule has 1 atom stereocenters. The smallest absolute Gasteiger partial charge is 0.383 e. The number of hydrogen-bond donors (Lipinski definition) is 1. The van der Waals surface area contributed by atoms with E-state index in [1.54, 1.807) is 18.3 Å². The Labute approximate surface area is 92.6 Å². The highest BCUT2D eigenvalue weighted by Gasteiger charge is 2.38. The van der Waals surface area contributed by atoms with Gasteiger partial charge in [0.15, 0.2) is 6.10 Å². The summed E-state index contributed by atoms with van der Waals surface area (Å²) in [4.78, 5) is 8.50. The molecule has 0 aliphatic rings. The quantitative estimate of drug-likeness (QED) is 0.885. The molecule has 0 fully saturated rings. The van der Waals surface area contributed by atoms with Crippen LogP contribution < -0.4 is 0 Å². The SMILES string of the molecule is OC(Cc1nc2cccnc2s1)C(F)(F)F. The van der Waals surface area contributed by atoms with Gasteiger partial charge in [-0.1, -0.05) is 11.3 Å². The Hall–Kier alpha value is -1.21. The zero-order valence-electron chi connectivity index (χ0n) is 7.90. The van der Waals surface area contributed by atoms with E-state index >= 15 is 0 Å². The monoisotopic (exact) mass is 248 g/mol. The van der Waals surface area contributed by atoms with E-state index in [0.29, 0.717) is 10.3 Å². The summed E-state index contributed by atoms with van der Waals surface area (Å²) in [6.45, 7) is 0. The maximum atomic E-state index is 12.1. The molecule has 0 aliphatic carbocycles. The van der Waals surface area contributed by atoms with Crippen LogP contribution in [0.2, 0.25) is 0 Å². The van der Waals surface area contributed by atoms with Crippen molar-refractivity contribution in [2.75, 3.05) is 0 Å². The summed E-state index contributed by atoms with van der Waals surface area (Å²) < 4.78 is 36.3. The van der Waals surface area contributed by atoms with Crippen LogP contribution in [0.15, 0.2) is 18.3 Å². The minimum atomic E-state index is -4.61. The van der Waals surface area contributed by atoms with E-state index in [1.165, 1.54) is 0 Å². The normalized spacial score (nSPS) is 14.2. The molecule has 3 nitrogen and oxygen atoms in total. The number of aromatic nitrogens is 2.